The number of nitrogen functional groups attached to an aromatic ring is 1. The molecule has 0 aromatic carbocycles. The second-order valence-electron chi connectivity index (χ2n) is 4.01. The summed E-state index contributed by atoms with van der Waals surface area (Å²) in [6, 6.07) is 3.15. The van der Waals surface area contributed by atoms with E-state index in [2.05, 4.69) is 4.98 Å². The van der Waals surface area contributed by atoms with Gasteiger partial charge in [0.1, 0.15) is 12.2 Å². The SMILES string of the molecule is CCCN(CC(=O)OCC)C(=O)c1ccc(N)cn1. The van der Waals surface area contributed by atoms with E-state index in [9.17, 15) is 9.59 Å². The number of carbonyl (C=O) groups is 2. The first-order valence-electron chi connectivity index (χ1n) is 6.24. The van der Waals surface area contributed by atoms with E-state index in [0.717, 1.165) is 6.42 Å². The summed E-state index contributed by atoms with van der Waals surface area (Å²) < 4.78 is 4.85. The Morgan fingerprint density at radius 2 is 2.11 bits per heavy atom. The minimum atomic E-state index is -0.417. The Hall–Kier alpha value is -2.11. The van der Waals surface area contributed by atoms with Crippen LogP contribution in [0.15, 0.2) is 18.3 Å². The van der Waals surface area contributed by atoms with Gasteiger partial charge in [0.05, 0.1) is 18.5 Å². The summed E-state index contributed by atoms with van der Waals surface area (Å²) in [5.41, 5.74) is 6.28. The third-order valence-corrected chi connectivity index (χ3v) is 2.41. The molecule has 1 heterocycles. The highest BCUT2D eigenvalue weighted by Gasteiger charge is 2.19. The predicted molar refractivity (Wildman–Crippen MR) is 71.5 cm³/mol. The molecule has 0 atom stereocenters. The zero-order chi connectivity index (χ0) is 14.3. The first-order chi connectivity index (χ1) is 9.08. The second-order valence-corrected chi connectivity index (χ2v) is 4.01. The van der Waals surface area contributed by atoms with Crippen molar-refractivity contribution in [1.29, 1.82) is 0 Å². The summed E-state index contributed by atoms with van der Waals surface area (Å²) in [6.45, 7) is 4.37. The number of amides is 1. The average Bonchev–Trinajstić information content (AvgIpc) is 2.38. The van der Waals surface area contributed by atoms with Crippen LogP contribution in [0.2, 0.25) is 0 Å². The molecule has 1 aromatic rings. The van der Waals surface area contributed by atoms with Crippen LogP contribution in [-0.4, -0.2) is 41.5 Å². The first-order valence-corrected chi connectivity index (χ1v) is 6.24. The van der Waals surface area contributed by atoms with Crippen molar-refractivity contribution in [3.8, 4) is 0 Å². The molecule has 0 unspecified atom stereocenters. The van der Waals surface area contributed by atoms with Gasteiger partial charge in [-0.2, -0.15) is 0 Å². The Morgan fingerprint density at radius 1 is 1.37 bits per heavy atom. The minimum absolute atomic E-state index is 0.0629. The monoisotopic (exact) mass is 265 g/mol. The van der Waals surface area contributed by atoms with Crippen molar-refractivity contribution in [3.63, 3.8) is 0 Å². The highest BCUT2D eigenvalue weighted by molar-refractivity contribution is 5.94. The van der Waals surface area contributed by atoms with Crippen molar-refractivity contribution < 1.29 is 14.3 Å². The molecule has 104 valence electrons. The predicted octanol–water partition coefficient (Wildman–Crippen LogP) is 1.08. The molecule has 0 bridgehead atoms. The van der Waals surface area contributed by atoms with E-state index < -0.39 is 5.97 Å². The number of carbonyl (C=O) groups excluding carboxylic acids is 2. The first kappa shape index (κ1) is 14.9. The minimum Gasteiger partial charge on any atom is -0.465 e. The Balaban J connectivity index is 2.77. The van der Waals surface area contributed by atoms with Gasteiger partial charge in [-0.05, 0) is 25.5 Å². The van der Waals surface area contributed by atoms with Crippen molar-refractivity contribution in [1.82, 2.24) is 9.88 Å². The van der Waals surface area contributed by atoms with Gasteiger partial charge >= 0.3 is 5.97 Å². The van der Waals surface area contributed by atoms with Crippen LogP contribution in [0, 0.1) is 0 Å². The van der Waals surface area contributed by atoms with Crippen LogP contribution in [0.4, 0.5) is 5.69 Å². The number of ether oxygens (including phenoxy) is 1. The Labute approximate surface area is 112 Å². The van der Waals surface area contributed by atoms with Gasteiger partial charge in [-0.25, -0.2) is 4.98 Å². The highest BCUT2D eigenvalue weighted by atomic mass is 16.5. The number of hydrogen-bond donors (Lipinski definition) is 1. The van der Waals surface area contributed by atoms with Crippen LogP contribution in [0.1, 0.15) is 30.8 Å². The largest absolute Gasteiger partial charge is 0.465 e. The lowest BCUT2D eigenvalue weighted by Gasteiger charge is -2.20. The summed E-state index contributed by atoms with van der Waals surface area (Å²) in [7, 11) is 0. The van der Waals surface area contributed by atoms with Crippen LogP contribution in [0.5, 0.6) is 0 Å². The second kappa shape index (κ2) is 7.35. The summed E-state index contributed by atoms with van der Waals surface area (Å²) in [4.78, 5) is 29.1. The zero-order valence-electron chi connectivity index (χ0n) is 11.3. The molecule has 6 heteroatoms. The van der Waals surface area contributed by atoms with Crippen molar-refractivity contribution in [3.05, 3.63) is 24.0 Å². The van der Waals surface area contributed by atoms with Crippen molar-refractivity contribution in [2.45, 2.75) is 20.3 Å². The van der Waals surface area contributed by atoms with Gasteiger partial charge in [0.2, 0.25) is 0 Å². The van der Waals surface area contributed by atoms with E-state index in [1.54, 1.807) is 19.1 Å². The van der Waals surface area contributed by atoms with E-state index >= 15 is 0 Å². The lowest BCUT2D eigenvalue weighted by atomic mass is 10.3. The third kappa shape index (κ3) is 4.57. The van der Waals surface area contributed by atoms with Gasteiger partial charge < -0.3 is 15.4 Å². The van der Waals surface area contributed by atoms with Crippen molar-refractivity contribution in [2.75, 3.05) is 25.4 Å². The van der Waals surface area contributed by atoms with Crippen LogP contribution in [0.3, 0.4) is 0 Å². The summed E-state index contributed by atoms with van der Waals surface area (Å²) in [5, 5.41) is 0. The van der Waals surface area contributed by atoms with Crippen LogP contribution in [0.25, 0.3) is 0 Å². The lowest BCUT2D eigenvalue weighted by molar-refractivity contribution is -0.143. The number of nitrogens with two attached hydrogens (primary N) is 1. The topological polar surface area (TPSA) is 85.5 Å². The third-order valence-electron chi connectivity index (χ3n) is 2.41. The fraction of sp³-hybridized carbons (Fsp3) is 0.462. The molecule has 0 radical (unpaired) electrons. The number of nitrogens with zero attached hydrogens (tertiary/aromatic N) is 2. The number of anilines is 1. The van der Waals surface area contributed by atoms with E-state index in [0.29, 0.717) is 18.8 Å². The van der Waals surface area contributed by atoms with Crippen molar-refractivity contribution >= 4 is 17.6 Å². The Kier molecular flexibility index (Phi) is 5.78. The molecule has 0 saturated heterocycles. The van der Waals surface area contributed by atoms with Gasteiger partial charge in [0, 0.05) is 6.54 Å². The number of rotatable bonds is 6. The summed E-state index contributed by atoms with van der Waals surface area (Å²) >= 11 is 0. The Morgan fingerprint density at radius 3 is 2.63 bits per heavy atom. The molecule has 19 heavy (non-hydrogen) atoms. The van der Waals surface area contributed by atoms with E-state index in [1.807, 2.05) is 6.92 Å². The fourth-order valence-corrected chi connectivity index (χ4v) is 1.58. The molecule has 0 fully saturated rings. The van der Waals surface area contributed by atoms with Gasteiger partial charge in [-0.15, -0.1) is 0 Å². The molecule has 0 aliphatic rings. The number of hydrogen-bond acceptors (Lipinski definition) is 5. The smallest absolute Gasteiger partial charge is 0.325 e. The normalized spacial score (nSPS) is 10.0. The molecule has 2 N–H and O–H groups in total. The van der Waals surface area contributed by atoms with Gasteiger partial charge in [-0.1, -0.05) is 6.92 Å². The fourth-order valence-electron chi connectivity index (χ4n) is 1.58. The molecule has 0 aliphatic heterocycles. The highest BCUT2D eigenvalue weighted by Crippen LogP contribution is 2.06. The standard InChI is InChI=1S/C13H19N3O3/c1-3-7-16(9-12(17)19-4-2)13(18)11-6-5-10(14)8-15-11/h5-6,8H,3-4,7,9,14H2,1-2H3. The molecule has 1 amide bonds. The molecule has 0 saturated carbocycles. The number of pyridine rings is 1. The van der Waals surface area contributed by atoms with Crippen LogP contribution in [-0.2, 0) is 9.53 Å². The Bertz CT molecular complexity index is 431. The zero-order valence-corrected chi connectivity index (χ0v) is 11.3. The van der Waals surface area contributed by atoms with Gasteiger partial charge in [-0.3, -0.25) is 9.59 Å². The maximum atomic E-state index is 12.2. The van der Waals surface area contributed by atoms with Crippen LogP contribution < -0.4 is 5.73 Å². The molecule has 0 aliphatic carbocycles. The number of aromatic nitrogens is 1. The molecule has 6 nitrogen and oxygen atoms in total. The summed E-state index contributed by atoms with van der Waals surface area (Å²) in [6.07, 6.45) is 2.17. The van der Waals surface area contributed by atoms with E-state index in [1.165, 1.54) is 11.1 Å². The van der Waals surface area contributed by atoms with Gasteiger partial charge in [0.15, 0.2) is 0 Å². The number of esters is 1. The van der Waals surface area contributed by atoms with Crippen molar-refractivity contribution in [2.24, 2.45) is 0 Å². The van der Waals surface area contributed by atoms with Gasteiger partial charge in [0.25, 0.3) is 5.91 Å². The van der Waals surface area contributed by atoms with E-state index in [4.69, 9.17) is 10.5 Å². The van der Waals surface area contributed by atoms with E-state index in [-0.39, 0.29) is 18.1 Å². The molecule has 1 rings (SSSR count). The molecule has 0 spiro atoms. The summed E-state index contributed by atoms with van der Waals surface area (Å²) in [5.74, 6) is -0.713. The maximum absolute atomic E-state index is 12.2. The van der Waals surface area contributed by atoms with Crippen LogP contribution >= 0.6 is 0 Å². The molecular formula is C13H19N3O3. The molecule has 1 aromatic heterocycles. The molecular weight excluding hydrogens is 246 g/mol. The lowest BCUT2D eigenvalue weighted by Crippen LogP contribution is -2.37. The maximum Gasteiger partial charge on any atom is 0.325 e. The quantitative estimate of drug-likeness (QED) is 0.778. The average molecular weight is 265 g/mol.